The average Bonchev–Trinajstić information content (AvgIpc) is 2.48. The summed E-state index contributed by atoms with van der Waals surface area (Å²) in [6, 6.07) is 5.38. The fourth-order valence-electron chi connectivity index (χ4n) is 2.49. The van der Waals surface area contributed by atoms with Crippen molar-refractivity contribution < 1.29 is 8.42 Å². The molecule has 4 nitrogen and oxygen atoms in total. The number of nitrogens with zero attached hydrogens (tertiary/aromatic N) is 2. The first kappa shape index (κ1) is 17.2. The Morgan fingerprint density at radius 1 is 1.09 bits per heavy atom. The monoisotopic (exact) mass is 322 g/mol. The highest BCUT2D eigenvalue weighted by Gasteiger charge is 2.28. The average molecular weight is 322 g/mol. The predicted octanol–water partition coefficient (Wildman–Crippen LogP) is 2.58. The van der Waals surface area contributed by atoms with E-state index in [0.29, 0.717) is 18.0 Å². The zero-order chi connectivity index (χ0) is 16.3. The van der Waals surface area contributed by atoms with Crippen molar-refractivity contribution in [3.8, 4) is 0 Å². The third-order valence-corrected chi connectivity index (χ3v) is 6.10. The molecule has 1 fully saturated rings. The zero-order valence-corrected chi connectivity index (χ0v) is 14.8. The lowest BCUT2D eigenvalue weighted by molar-refractivity contribution is 0.204. The molecule has 0 bridgehead atoms. The van der Waals surface area contributed by atoms with Gasteiger partial charge < -0.3 is 0 Å². The number of benzene rings is 1. The van der Waals surface area contributed by atoms with E-state index in [0.717, 1.165) is 30.8 Å². The summed E-state index contributed by atoms with van der Waals surface area (Å²) in [7, 11) is -3.36. The summed E-state index contributed by atoms with van der Waals surface area (Å²) in [5.41, 5.74) is 3.43. The summed E-state index contributed by atoms with van der Waals surface area (Å²) in [4.78, 5) is 2.70. The van der Waals surface area contributed by atoms with E-state index in [1.807, 2.05) is 19.9 Å². The lowest BCUT2D eigenvalue weighted by Gasteiger charge is -2.33. The van der Waals surface area contributed by atoms with Crippen LogP contribution in [0.1, 0.15) is 25.0 Å². The van der Waals surface area contributed by atoms with Crippen LogP contribution in [0.25, 0.3) is 0 Å². The van der Waals surface area contributed by atoms with Crippen molar-refractivity contribution in [2.24, 2.45) is 0 Å². The molecule has 0 N–H and O–H groups in total. The number of rotatable bonds is 4. The van der Waals surface area contributed by atoms with Crippen molar-refractivity contribution in [2.75, 3.05) is 32.7 Å². The van der Waals surface area contributed by atoms with Gasteiger partial charge in [-0.3, -0.25) is 4.90 Å². The molecule has 1 aliphatic heterocycles. The molecule has 0 aromatic heterocycles. The van der Waals surface area contributed by atoms with E-state index in [-0.39, 0.29) is 0 Å². The number of aryl methyl sites for hydroxylation is 2. The molecule has 2 rings (SSSR count). The highest BCUT2D eigenvalue weighted by molar-refractivity contribution is 7.89. The minimum atomic E-state index is -3.36. The van der Waals surface area contributed by atoms with Crippen LogP contribution in [-0.2, 0) is 10.0 Å². The van der Waals surface area contributed by atoms with Gasteiger partial charge in [0.15, 0.2) is 0 Å². The van der Waals surface area contributed by atoms with Crippen molar-refractivity contribution in [3.63, 3.8) is 0 Å². The normalized spacial score (nSPS) is 17.5. The van der Waals surface area contributed by atoms with Crippen LogP contribution >= 0.6 is 0 Å². The maximum atomic E-state index is 12.7. The second-order valence-electron chi connectivity index (χ2n) is 6.23. The number of piperazine rings is 1. The van der Waals surface area contributed by atoms with Crippen molar-refractivity contribution in [2.45, 2.75) is 32.6 Å². The van der Waals surface area contributed by atoms with E-state index in [1.165, 1.54) is 5.57 Å². The Bertz CT molecular complexity index is 653. The molecule has 5 heteroatoms. The van der Waals surface area contributed by atoms with Gasteiger partial charge in [0, 0.05) is 32.7 Å². The second kappa shape index (κ2) is 6.94. The topological polar surface area (TPSA) is 40.6 Å². The molecule has 0 unspecified atom stereocenters. The van der Waals surface area contributed by atoms with Crippen molar-refractivity contribution in [1.29, 1.82) is 0 Å². The fraction of sp³-hybridized carbons (Fsp3) is 0.529. The SMILES string of the molecule is CC(C)=CCN1CCN(S(=O)(=O)c2ccc(C)c(C)c2)CC1. The molecule has 0 spiro atoms. The minimum absolute atomic E-state index is 0.411. The molecule has 1 saturated heterocycles. The van der Waals surface area contributed by atoms with Gasteiger partial charge in [0.1, 0.15) is 0 Å². The van der Waals surface area contributed by atoms with Crippen LogP contribution in [0.5, 0.6) is 0 Å². The Hall–Kier alpha value is -1.17. The summed E-state index contributed by atoms with van der Waals surface area (Å²) < 4.78 is 27.0. The van der Waals surface area contributed by atoms with E-state index in [2.05, 4.69) is 24.8 Å². The highest BCUT2D eigenvalue weighted by Crippen LogP contribution is 2.20. The summed E-state index contributed by atoms with van der Waals surface area (Å²) in [5, 5.41) is 0. The first-order valence-corrected chi connectivity index (χ1v) is 9.18. The van der Waals surface area contributed by atoms with Crippen LogP contribution < -0.4 is 0 Å². The largest absolute Gasteiger partial charge is 0.297 e. The van der Waals surface area contributed by atoms with Crippen LogP contribution in [0.3, 0.4) is 0 Å². The van der Waals surface area contributed by atoms with Crippen LogP contribution in [-0.4, -0.2) is 50.3 Å². The van der Waals surface area contributed by atoms with Gasteiger partial charge in [-0.15, -0.1) is 0 Å². The van der Waals surface area contributed by atoms with Gasteiger partial charge in [0.05, 0.1) is 4.90 Å². The molecular formula is C17H26N2O2S. The molecule has 0 amide bonds. The molecule has 1 heterocycles. The summed E-state index contributed by atoms with van der Waals surface area (Å²) >= 11 is 0. The molecule has 0 aliphatic carbocycles. The predicted molar refractivity (Wildman–Crippen MR) is 90.5 cm³/mol. The van der Waals surface area contributed by atoms with Crippen molar-refractivity contribution in [1.82, 2.24) is 9.21 Å². The third kappa shape index (κ3) is 3.97. The molecule has 122 valence electrons. The van der Waals surface area contributed by atoms with Gasteiger partial charge in [-0.25, -0.2) is 8.42 Å². The molecule has 1 aliphatic rings. The maximum absolute atomic E-state index is 12.7. The third-order valence-electron chi connectivity index (χ3n) is 4.21. The van der Waals surface area contributed by atoms with Gasteiger partial charge in [-0.05, 0) is 51.0 Å². The number of hydrogen-bond acceptors (Lipinski definition) is 3. The number of sulfonamides is 1. The Labute approximate surface area is 134 Å². The highest BCUT2D eigenvalue weighted by atomic mass is 32.2. The van der Waals surface area contributed by atoms with E-state index in [1.54, 1.807) is 16.4 Å². The van der Waals surface area contributed by atoms with Gasteiger partial charge >= 0.3 is 0 Å². The van der Waals surface area contributed by atoms with Gasteiger partial charge in [0.2, 0.25) is 10.0 Å². The van der Waals surface area contributed by atoms with E-state index in [4.69, 9.17) is 0 Å². The Balaban J connectivity index is 2.06. The second-order valence-corrected chi connectivity index (χ2v) is 8.17. The van der Waals surface area contributed by atoms with Crippen LogP contribution in [0, 0.1) is 13.8 Å². The van der Waals surface area contributed by atoms with Gasteiger partial charge in [-0.2, -0.15) is 4.31 Å². The Morgan fingerprint density at radius 2 is 1.73 bits per heavy atom. The smallest absolute Gasteiger partial charge is 0.243 e. The van der Waals surface area contributed by atoms with Crippen LogP contribution in [0.2, 0.25) is 0 Å². The Kier molecular flexibility index (Phi) is 5.42. The minimum Gasteiger partial charge on any atom is -0.297 e. The van der Waals surface area contributed by atoms with E-state index in [9.17, 15) is 8.42 Å². The molecule has 1 aromatic carbocycles. The molecule has 1 aromatic rings. The number of hydrogen-bond donors (Lipinski definition) is 0. The van der Waals surface area contributed by atoms with Crippen molar-refractivity contribution in [3.05, 3.63) is 41.0 Å². The molecular weight excluding hydrogens is 296 g/mol. The Morgan fingerprint density at radius 3 is 2.27 bits per heavy atom. The maximum Gasteiger partial charge on any atom is 0.243 e. The standard InChI is InChI=1S/C17H26N2O2S/c1-14(2)7-8-18-9-11-19(12-10-18)22(20,21)17-6-5-15(3)16(4)13-17/h5-7,13H,8-12H2,1-4H3. The van der Waals surface area contributed by atoms with E-state index < -0.39 is 10.0 Å². The first-order valence-electron chi connectivity index (χ1n) is 7.74. The molecule has 0 radical (unpaired) electrons. The lowest BCUT2D eigenvalue weighted by atomic mass is 10.1. The zero-order valence-electron chi connectivity index (χ0n) is 14.0. The van der Waals surface area contributed by atoms with Crippen molar-refractivity contribution >= 4 is 10.0 Å². The van der Waals surface area contributed by atoms with E-state index >= 15 is 0 Å². The quantitative estimate of drug-likeness (QED) is 0.800. The van der Waals surface area contributed by atoms with Gasteiger partial charge in [0.25, 0.3) is 0 Å². The molecule has 0 saturated carbocycles. The molecule has 22 heavy (non-hydrogen) atoms. The summed E-state index contributed by atoms with van der Waals surface area (Å²) in [5.74, 6) is 0. The first-order chi connectivity index (χ1) is 10.3. The van der Waals surface area contributed by atoms with Crippen LogP contribution in [0.4, 0.5) is 0 Å². The fourth-order valence-corrected chi connectivity index (χ4v) is 4.00. The lowest BCUT2D eigenvalue weighted by Crippen LogP contribution is -2.48. The molecule has 0 atom stereocenters. The van der Waals surface area contributed by atoms with Crippen LogP contribution in [0.15, 0.2) is 34.7 Å². The van der Waals surface area contributed by atoms with Gasteiger partial charge in [-0.1, -0.05) is 17.7 Å². The number of allylic oxidation sites excluding steroid dienone is 1. The summed E-state index contributed by atoms with van der Waals surface area (Å²) in [6.07, 6.45) is 2.19. The summed E-state index contributed by atoms with van der Waals surface area (Å²) in [6.45, 7) is 11.7.